The summed E-state index contributed by atoms with van der Waals surface area (Å²) in [5.41, 5.74) is 1.67. The highest BCUT2D eigenvalue weighted by molar-refractivity contribution is 14.1. The van der Waals surface area contributed by atoms with Gasteiger partial charge in [-0.25, -0.2) is 4.79 Å². The molecule has 3 amide bonds. The third kappa shape index (κ3) is 11.6. The minimum Gasteiger partial charge on any atom is -0.457 e. The molecular formula is C28H36I2N3O9P. The number of carbonyl (C=O) groups excluding carboxylic acids is 4. The minimum atomic E-state index is -3.57. The zero-order valence-electron chi connectivity index (χ0n) is 24.6. The van der Waals surface area contributed by atoms with Crippen LogP contribution in [0.3, 0.4) is 0 Å². The van der Waals surface area contributed by atoms with E-state index in [2.05, 4.69) is 38.5 Å². The molecule has 0 spiro atoms. The van der Waals surface area contributed by atoms with Crippen molar-refractivity contribution in [2.45, 2.75) is 52.5 Å². The lowest BCUT2D eigenvalue weighted by molar-refractivity contribution is -0.145. The fourth-order valence-electron chi connectivity index (χ4n) is 3.77. The van der Waals surface area contributed by atoms with E-state index >= 15 is 0 Å². The number of amides is 3. The second-order valence-electron chi connectivity index (χ2n) is 9.76. The van der Waals surface area contributed by atoms with Crippen molar-refractivity contribution in [1.29, 1.82) is 0 Å². The van der Waals surface area contributed by atoms with Crippen molar-refractivity contribution in [1.82, 2.24) is 10.6 Å². The molecule has 3 unspecified atom stereocenters. The first kappa shape index (κ1) is 36.9. The summed E-state index contributed by atoms with van der Waals surface area (Å²) in [7, 11) is -1.09. The number of rotatable bonds is 14. The van der Waals surface area contributed by atoms with Crippen LogP contribution in [-0.2, 0) is 44.1 Å². The van der Waals surface area contributed by atoms with Gasteiger partial charge < -0.3 is 34.5 Å². The molecule has 2 aromatic rings. The normalized spacial score (nSPS) is 13.4. The highest BCUT2D eigenvalue weighted by Crippen LogP contribution is 2.50. The van der Waals surface area contributed by atoms with Gasteiger partial charge in [-0.3, -0.25) is 18.9 Å². The topological polar surface area (TPSA) is 158 Å². The minimum absolute atomic E-state index is 0.0431. The van der Waals surface area contributed by atoms with E-state index in [0.29, 0.717) is 18.4 Å². The van der Waals surface area contributed by atoms with Crippen LogP contribution in [0.1, 0.15) is 44.9 Å². The molecule has 0 radical (unpaired) electrons. The first-order valence-electron chi connectivity index (χ1n) is 13.1. The number of anilines is 1. The molecule has 3 atom stereocenters. The van der Waals surface area contributed by atoms with E-state index in [9.17, 15) is 23.7 Å². The van der Waals surface area contributed by atoms with Gasteiger partial charge in [-0.15, -0.1) is 0 Å². The van der Waals surface area contributed by atoms with Crippen molar-refractivity contribution in [2.75, 3.05) is 25.7 Å². The maximum atomic E-state index is 13.4. The van der Waals surface area contributed by atoms with E-state index in [1.54, 1.807) is 38.1 Å². The molecule has 0 saturated carbocycles. The van der Waals surface area contributed by atoms with Crippen molar-refractivity contribution in [3.63, 3.8) is 0 Å². The van der Waals surface area contributed by atoms with Crippen molar-refractivity contribution in [2.24, 2.45) is 5.92 Å². The predicted octanol–water partition coefficient (Wildman–Crippen LogP) is 5.38. The molecule has 0 aliphatic carbocycles. The fraction of sp³-hybridized carbons (Fsp3) is 0.429. The van der Waals surface area contributed by atoms with Gasteiger partial charge in [0.15, 0.2) is 0 Å². The third-order valence-corrected chi connectivity index (χ3v) is 9.85. The predicted molar refractivity (Wildman–Crippen MR) is 177 cm³/mol. The van der Waals surface area contributed by atoms with Crippen LogP contribution in [0, 0.1) is 13.1 Å². The van der Waals surface area contributed by atoms with Gasteiger partial charge in [0.1, 0.15) is 24.8 Å². The van der Waals surface area contributed by atoms with Gasteiger partial charge in [-0.05, 0) is 75.7 Å². The van der Waals surface area contributed by atoms with Crippen LogP contribution >= 0.6 is 52.8 Å². The Balaban J connectivity index is 2.17. The lowest BCUT2D eigenvalue weighted by Crippen LogP contribution is -2.53. The molecule has 0 aromatic heterocycles. The van der Waals surface area contributed by atoms with Gasteiger partial charge in [-0.1, -0.05) is 44.2 Å². The number of nitrogens with one attached hydrogen (secondary N) is 3. The Bertz CT molecular complexity index is 1340. The molecule has 236 valence electrons. The maximum Gasteiger partial charge on any atom is 0.408 e. The number of alkyl carbamates (subject to hydrolysis) is 1. The molecule has 0 aliphatic heterocycles. The van der Waals surface area contributed by atoms with Crippen LogP contribution in [0.2, 0.25) is 0 Å². The Morgan fingerprint density at radius 3 is 2.09 bits per heavy atom. The highest BCUT2D eigenvalue weighted by Gasteiger charge is 2.32. The summed E-state index contributed by atoms with van der Waals surface area (Å²) in [5.74, 6) is -1.99. The zero-order chi connectivity index (χ0) is 32.3. The molecule has 43 heavy (non-hydrogen) atoms. The molecule has 0 saturated heterocycles. The van der Waals surface area contributed by atoms with Gasteiger partial charge in [0, 0.05) is 33.8 Å². The lowest BCUT2D eigenvalue weighted by atomic mass is 10.0. The summed E-state index contributed by atoms with van der Waals surface area (Å²) in [4.78, 5) is 50.4. The molecule has 2 rings (SSSR count). The number of hydrogen-bond donors (Lipinski definition) is 3. The van der Waals surface area contributed by atoms with E-state index in [1.807, 2.05) is 40.8 Å². The first-order valence-corrected chi connectivity index (χ1v) is 17.0. The molecule has 0 fully saturated rings. The number of carbonyl (C=O) groups is 4. The second kappa shape index (κ2) is 17.3. The lowest BCUT2D eigenvalue weighted by Gasteiger charge is -2.25. The largest absolute Gasteiger partial charge is 0.457 e. The Morgan fingerprint density at radius 2 is 1.53 bits per heavy atom. The van der Waals surface area contributed by atoms with E-state index in [4.69, 9.17) is 18.5 Å². The summed E-state index contributed by atoms with van der Waals surface area (Å²) in [6.07, 6.45) is -2.00. The zero-order valence-corrected chi connectivity index (χ0v) is 29.9. The molecular weight excluding hydrogens is 807 g/mol. The SMILES string of the molecule is COP(=O)(CC(OC(C)=O)c1cc(NC(=O)C(NC(=O)C(C)NC(=O)OCc2ccccc2)C(C)C)c(I)cc1I)OC. The van der Waals surface area contributed by atoms with Crippen molar-refractivity contribution >= 4 is 82.3 Å². The van der Waals surface area contributed by atoms with E-state index < -0.39 is 49.7 Å². The summed E-state index contributed by atoms with van der Waals surface area (Å²) in [6, 6.07) is 10.6. The van der Waals surface area contributed by atoms with Crippen molar-refractivity contribution < 1.29 is 42.3 Å². The molecule has 2 aromatic carbocycles. The summed E-state index contributed by atoms with van der Waals surface area (Å²) in [6.45, 7) is 6.29. The standard InChI is InChI=1S/C28H36I2N3O9P/c1-16(2)25(33-26(35)17(3)31-28(37)41-14-19-10-8-7-9-11-19)27(36)32-23-12-20(21(29)13-22(23)30)24(42-18(4)34)15-43(38,39-5)40-6/h7-13,16-17,24-25H,14-15H2,1-6H3,(H,31,37)(H,32,36)(H,33,35). The van der Waals surface area contributed by atoms with Crippen LogP contribution in [0.25, 0.3) is 0 Å². The summed E-state index contributed by atoms with van der Waals surface area (Å²) >= 11 is 4.11. The number of ether oxygens (including phenoxy) is 2. The van der Waals surface area contributed by atoms with E-state index in [0.717, 1.165) is 5.56 Å². The molecule has 15 heteroatoms. The Kier molecular flexibility index (Phi) is 14.8. The molecule has 3 N–H and O–H groups in total. The molecule has 0 aliphatic rings. The van der Waals surface area contributed by atoms with Crippen molar-refractivity contribution in [3.8, 4) is 0 Å². The van der Waals surface area contributed by atoms with Crippen LogP contribution in [0.4, 0.5) is 10.5 Å². The Labute approximate surface area is 278 Å². The van der Waals surface area contributed by atoms with Crippen LogP contribution in [-0.4, -0.2) is 56.3 Å². The fourth-order valence-corrected chi connectivity index (χ4v) is 6.90. The van der Waals surface area contributed by atoms with Gasteiger partial charge in [-0.2, -0.15) is 0 Å². The second-order valence-corrected chi connectivity index (χ2v) is 14.4. The monoisotopic (exact) mass is 843 g/mol. The Morgan fingerprint density at radius 1 is 0.907 bits per heavy atom. The van der Waals surface area contributed by atoms with E-state index in [1.165, 1.54) is 28.1 Å². The van der Waals surface area contributed by atoms with Crippen LogP contribution < -0.4 is 16.0 Å². The highest BCUT2D eigenvalue weighted by atomic mass is 127. The smallest absolute Gasteiger partial charge is 0.408 e. The molecule has 12 nitrogen and oxygen atoms in total. The Hall–Kier alpha value is -2.27. The number of benzene rings is 2. The van der Waals surface area contributed by atoms with Crippen LogP contribution in [0.5, 0.6) is 0 Å². The van der Waals surface area contributed by atoms with Crippen molar-refractivity contribution in [3.05, 3.63) is 60.7 Å². The van der Waals surface area contributed by atoms with Crippen LogP contribution in [0.15, 0.2) is 42.5 Å². The average molecular weight is 843 g/mol. The number of halogens is 2. The van der Waals surface area contributed by atoms with Gasteiger partial charge >= 0.3 is 19.7 Å². The summed E-state index contributed by atoms with van der Waals surface area (Å²) < 4.78 is 35.0. The first-order chi connectivity index (χ1) is 20.2. The number of esters is 1. The molecule has 0 heterocycles. The maximum absolute atomic E-state index is 13.4. The molecule has 0 bridgehead atoms. The number of hydrogen-bond acceptors (Lipinski definition) is 9. The quantitative estimate of drug-likeness (QED) is 0.129. The van der Waals surface area contributed by atoms with E-state index in [-0.39, 0.29) is 18.7 Å². The van der Waals surface area contributed by atoms with Gasteiger partial charge in [0.2, 0.25) is 11.8 Å². The van der Waals surface area contributed by atoms with Gasteiger partial charge in [0.05, 0.1) is 11.8 Å². The summed E-state index contributed by atoms with van der Waals surface area (Å²) in [5, 5.41) is 7.99. The third-order valence-electron chi connectivity index (χ3n) is 6.13. The average Bonchev–Trinajstić information content (AvgIpc) is 2.95. The van der Waals surface area contributed by atoms with Gasteiger partial charge in [0.25, 0.3) is 0 Å².